The summed E-state index contributed by atoms with van der Waals surface area (Å²) < 4.78 is 7.01. The zero-order valence-electron chi connectivity index (χ0n) is 53.9. The summed E-state index contributed by atoms with van der Waals surface area (Å²) in [6, 6.07) is 29.9. The number of hydrogen-bond donors (Lipinski definition) is 0. The molecule has 0 bridgehead atoms. The molecule has 91 heavy (non-hydrogen) atoms. The van der Waals surface area contributed by atoms with Gasteiger partial charge < -0.3 is 0 Å². The Morgan fingerprint density at radius 1 is 0.374 bits per heavy atom. The van der Waals surface area contributed by atoms with E-state index in [2.05, 4.69) is 195 Å². The van der Waals surface area contributed by atoms with Gasteiger partial charge in [0.05, 0.1) is 66.3 Å². The average Bonchev–Trinajstić information content (AvgIpc) is 1.77. The smallest absolute Gasteiger partial charge is 0.194 e. The number of halogens is 1. The van der Waals surface area contributed by atoms with Crippen molar-refractivity contribution in [2.75, 3.05) is 7.05 Å². The molecular weight excluding hydrogens is 1340 g/mol. The maximum Gasteiger partial charge on any atom is 0.194 e. The second-order valence-electron chi connectivity index (χ2n) is 19.6. The van der Waals surface area contributed by atoms with E-state index in [4.69, 9.17) is 31.7 Å². The largest absolute Gasteiger partial charge is 0.265 e. The second-order valence-corrected chi connectivity index (χ2v) is 29.5. The molecule has 0 aliphatic rings. The fourth-order valence-electron chi connectivity index (χ4n) is 8.62. The Morgan fingerprint density at radius 3 is 1.00 bits per heavy atom. The van der Waals surface area contributed by atoms with Crippen LogP contribution in [0, 0.1) is 79.4 Å². The predicted octanol–water partition coefficient (Wildman–Crippen LogP) is 25.0. The minimum Gasteiger partial charge on any atom is -0.265 e. The Hall–Kier alpha value is -6.47. The lowest BCUT2D eigenvalue weighted by molar-refractivity contribution is -0.445. The van der Waals surface area contributed by atoms with E-state index < -0.39 is 4.92 Å². The second kappa shape index (κ2) is 34.4. The minimum atomic E-state index is -0.500. The highest BCUT2D eigenvalue weighted by Crippen LogP contribution is 2.40. The summed E-state index contributed by atoms with van der Waals surface area (Å²) in [6.45, 7) is 33.2. The molecule has 10 heterocycles. The third kappa shape index (κ3) is 18.0. The van der Waals surface area contributed by atoms with Gasteiger partial charge in [-0.25, -0.2) is 39.9 Å². The van der Waals surface area contributed by atoms with Gasteiger partial charge in [0.2, 0.25) is 0 Å². The Balaban J connectivity index is 0.000000156. The van der Waals surface area contributed by atoms with Crippen molar-refractivity contribution >= 4 is 176 Å². The number of nitrogens with zero attached hydrogens (tertiary/aromatic N) is 9. The molecular formula is C69H72ClN9O2S10. The number of nitro groups is 1. The molecule has 0 N–H and O–H groups in total. The van der Waals surface area contributed by atoms with Crippen LogP contribution in [0.4, 0.5) is 0 Å². The predicted molar refractivity (Wildman–Crippen MR) is 407 cm³/mol. The number of aryl methyl sites for hydroxylation is 10. The van der Waals surface area contributed by atoms with Crippen molar-refractivity contribution in [2.24, 2.45) is 0 Å². The molecule has 0 spiro atoms. The number of rotatable bonds is 5. The van der Waals surface area contributed by atoms with Crippen LogP contribution in [0.2, 0.25) is 4.47 Å². The Bertz CT molecular complexity index is 4080. The van der Waals surface area contributed by atoms with Crippen molar-refractivity contribution in [3.63, 3.8) is 0 Å². The van der Waals surface area contributed by atoms with E-state index in [1.807, 2.05) is 69.4 Å². The van der Waals surface area contributed by atoms with Gasteiger partial charge in [0.25, 0.3) is 0 Å². The lowest BCUT2D eigenvalue weighted by Crippen LogP contribution is -1.79. The number of hydrogen-bond acceptors (Lipinski definition) is 20. The van der Waals surface area contributed by atoms with Crippen LogP contribution in [0.15, 0.2) is 124 Å². The number of benzene rings is 5. The van der Waals surface area contributed by atoms with Crippen LogP contribution in [0.3, 0.4) is 0 Å². The van der Waals surface area contributed by atoms with Crippen LogP contribution in [-0.2, 0) is 0 Å². The number of fused-ring (bicyclic) bond motifs is 5. The number of aromatic nitrogens is 8. The fraction of sp³-hybridized carbons (Fsp3) is 0.246. The minimum absolute atomic E-state index is 0.500. The van der Waals surface area contributed by atoms with Crippen molar-refractivity contribution in [3.05, 3.63) is 194 Å². The van der Waals surface area contributed by atoms with E-state index in [-0.39, 0.29) is 0 Å². The van der Waals surface area contributed by atoms with Gasteiger partial charge in [-0.3, -0.25) is 10.1 Å². The highest BCUT2D eigenvalue weighted by molar-refractivity contribution is 7.26. The molecule has 15 aromatic rings. The topological polar surface area (TPSA) is 146 Å². The first-order valence-corrected chi connectivity index (χ1v) is 38.2. The molecule has 0 unspecified atom stereocenters. The summed E-state index contributed by atoms with van der Waals surface area (Å²) >= 11 is 22.8. The molecule has 0 fully saturated rings. The summed E-state index contributed by atoms with van der Waals surface area (Å²) in [5, 5.41) is 25.3. The van der Waals surface area contributed by atoms with Crippen LogP contribution in [0.1, 0.15) is 97.2 Å². The number of thiazole rings is 8. The molecule has 472 valence electrons. The first-order chi connectivity index (χ1) is 43.9. The molecule has 0 saturated heterocycles. The Labute approximate surface area is 578 Å². The molecule has 10 aromatic heterocycles. The molecule has 0 saturated carbocycles. The average molecular weight is 1420 g/mol. The zero-order chi connectivity index (χ0) is 66.1. The standard InChI is InChI=1S/2C13H11NS2.C12H9ClN2S2.2C12H10N2S2.3C2H6.CH3NO2/c2*1-8-5-6-9(2)12-11(8)14-13(16-12)10-4-3-7-15-10;1-6-3-4-7(2)10-9(6)15-11(17-10)8-5-16-12(13)14-8;1-7-3-4-8(2)11-10(7)14-12(16-11)9-5-15-6-13-9;1-7-3-4-8(2)10-9(7)14-12(16-10)11-13-5-6-15-11;3*1-2;1-2(3)4/h2*3-7H,1-2H3;3-5H,1-2H3;2*3-6H,1-2H3;3*1-2H3;1H3. The highest BCUT2D eigenvalue weighted by atomic mass is 35.5. The van der Waals surface area contributed by atoms with Crippen molar-refractivity contribution < 1.29 is 4.92 Å². The molecule has 0 radical (unpaired) electrons. The monoisotopic (exact) mass is 1410 g/mol. The van der Waals surface area contributed by atoms with Gasteiger partial charge >= 0.3 is 0 Å². The van der Waals surface area contributed by atoms with Crippen LogP contribution in [-0.4, -0.2) is 51.8 Å². The lowest BCUT2D eigenvalue weighted by Gasteiger charge is -1.96. The van der Waals surface area contributed by atoms with Gasteiger partial charge in [0.1, 0.15) is 31.4 Å². The normalized spacial score (nSPS) is 10.4. The van der Waals surface area contributed by atoms with Gasteiger partial charge in [0, 0.05) is 27.3 Å². The van der Waals surface area contributed by atoms with Crippen molar-refractivity contribution in [1.29, 1.82) is 0 Å². The summed E-state index contributed by atoms with van der Waals surface area (Å²) in [4.78, 5) is 47.2. The SMILES string of the molecule is CC.CC.CC.C[N+](=O)[O-].Cc1ccc(C)c2sc(-c3cccs3)nc12.Cc1ccc(C)c2sc(-c3cccs3)nc12.Cc1ccc(C)c2sc(-c3csc(Cl)n3)nc12.Cc1ccc(C)c2sc(-c3cscn3)nc12.Cc1ccc(C)c2sc(-c3nccs3)nc12. The summed E-state index contributed by atoms with van der Waals surface area (Å²) in [6.07, 6.45) is 1.83. The van der Waals surface area contributed by atoms with Crippen LogP contribution in [0.25, 0.3) is 102 Å². The summed E-state index contributed by atoms with van der Waals surface area (Å²) in [5.74, 6) is 0. The van der Waals surface area contributed by atoms with Gasteiger partial charge in [-0.2, -0.15) is 0 Å². The van der Waals surface area contributed by atoms with E-state index in [0.29, 0.717) is 4.47 Å². The highest BCUT2D eigenvalue weighted by Gasteiger charge is 2.16. The van der Waals surface area contributed by atoms with Crippen molar-refractivity contribution in [1.82, 2.24) is 39.9 Å². The van der Waals surface area contributed by atoms with E-state index in [1.54, 1.807) is 102 Å². The lowest BCUT2D eigenvalue weighted by atomic mass is 10.1. The van der Waals surface area contributed by atoms with Crippen LogP contribution < -0.4 is 0 Å². The third-order valence-corrected chi connectivity index (χ3v) is 23.7. The Kier molecular flexibility index (Phi) is 27.2. The first-order valence-electron chi connectivity index (χ1n) is 29.3. The van der Waals surface area contributed by atoms with Crippen molar-refractivity contribution in [3.8, 4) is 51.2 Å². The van der Waals surface area contributed by atoms with Gasteiger partial charge in [-0.05, 0) is 148 Å². The van der Waals surface area contributed by atoms with Crippen molar-refractivity contribution in [2.45, 2.75) is 111 Å². The molecule has 11 nitrogen and oxygen atoms in total. The molecule has 0 aliphatic heterocycles. The first kappa shape index (κ1) is 72.0. The maximum atomic E-state index is 8.81. The van der Waals surface area contributed by atoms with E-state index in [9.17, 15) is 0 Å². The molecule has 22 heteroatoms. The number of thiophene rings is 2. The van der Waals surface area contributed by atoms with Gasteiger partial charge in [-0.15, -0.1) is 113 Å². The summed E-state index contributed by atoms with van der Waals surface area (Å²) in [7, 11) is 0.889. The van der Waals surface area contributed by atoms with Gasteiger partial charge in [0.15, 0.2) is 21.5 Å². The molecule has 0 amide bonds. The fourth-order valence-corrected chi connectivity index (χ4v) is 17.8. The maximum absolute atomic E-state index is 8.81. The molecule has 0 atom stereocenters. The van der Waals surface area contributed by atoms with Crippen LogP contribution >= 0.6 is 125 Å². The van der Waals surface area contributed by atoms with Crippen LogP contribution in [0.5, 0.6) is 0 Å². The van der Waals surface area contributed by atoms with E-state index in [0.717, 1.165) is 76.1 Å². The molecule has 0 aliphatic carbocycles. The third-order valence-electron chi connectivity index (χ3n) is 13.1. The van der Waals surface area contributed by atoms with Gasteiger partial charge in [-0.1, -0.05) is 126 Å². The zero-order valence-corrected chi connectivity index (χ0v) is 62.8. The van der Waals surface area contributed by atoms with E-state index in [1.165, 1.54) is 100 Å². The quantitative estimate of drug-likeness (QED) is 0.121. The van der Waals surface area contributed by atoms with E-state index >= 15 is 0 Å². The molecule has 15 rings (SSSR count). The summed E-state index contributed by atoms with van der Waals surface area (Å²) in [5.41, 5.74) is 22.0. The molecule has 5 aromatic carbocycles. The Morgan fingerprint density at radius 2 is 0.703 bits per heavy atom.